The third-order valence-corrected chi connectivity index (χ3v) is 6.66. The molecule has 3 aromatic carbocycles. The summed E-state index contributed by atoms with van der Waals surface area (Å²) in [4.78, 5) is 7.03. The van der Waals surface area contributed by atoms with E-state index in [1.165, 1.54) is 0 Å². The van der Waals surface area contributed by atoms with Gasteiger partial charge in [0.15, 0.2) is 23.1 Å². The molecule has 0 radical (unpaired) electrons. The van der Waals surface area contributed by atoms with Crippen molar-refractivity contribution in [3.8, 4) is 22.9 Å². The predicted octanol–water partition coefficient (Wildman–Crippen LogP) is 6.60. The van der Waals surface area contributed by atoms with E-state index in [1.54, 1.807) is 12.1 Å². The first kappa shape index (κ1) is 25.0. The van der Waals surface area contributed by atoms with Crippen LogP contribution in [-0.4, -0.2) is 27.8 Å². The normalized spacial score (nSPS) is 12.4. The molecule has 0 fully saturated rings. The maximum atomic E-state index is 14.4. The van der Waals surface area contributed by atoms with E-state index >= 15 is 0 Å². The van der Waals surface area contributed by atoms with E-state index in [9.17, 15) is 8.78 Å². The van der Waals surface area contributed by atoms with Crippen LogP contribution in [0.1, 0.15) is 36.6 Å². The number of aromatic nitrogens is 2. The summed E-state index contributed by atoms with van der Waals surface area (Å²) in [5, 5.41) is 0. The monoisotopic (exact) mass is 503 g/mol. The van der Waals surface area contributed by atoms with E-state index in [0.29, 0.717) is 31.6 Å². The molecule has 0 spiro atoms. The lowest BCUT2D eigenvalue weighted by Crippen LogP contribution is -2.27. The Bertz CT molecular complexity index is 1340. The average Bonchev–Trinajstić information content (AvgIpc) is 3.55. The van der Waals surface area contributed by atoms with Gasteiger partial charge < -0.3 is 14.0 Å². The van der Waals surface area contributed by atoms with Crippen LogP contribution in [-0.2, 0) is 26.1 Å². The van der Waals surface area contributed by atoms with Gasteiger partial charge in [0, 0.05) is 31.7 Å². The van der Waals surface area contributed by atoms with Gasteiger partial charge in [-0.1, -0.05) is 61.9 Å². The zero-order chi connectivity index (χ0) is 25.6. The molecule has 7 heteroatoms. The van der Waals surface area contributed by atoms with Crippen LogP contribution in [0.2, 0.25) is 0 Å². The third kappa shape index (κ3) is 5.83. The van der Waals surface area contributed by atoms with Crippen molar-refractivity contribution >= 4 is 0 Å². The maximum absolute atomic E-state index is 14.4. The molecule has 1 aliphatic heterocycles. The molecule has 192 valence electrons. The Labute approximate surface area is 216 Å². The van der Waals surface area contributed by atoms with Crippen molar-refractivity contribution < 1.29 is 18.3 Å². The van der Waals surface area contributed by atoms with Crippen molar-refractivity contribution in [2.24, 2.45) is 0 Å². The van der Waals surface area contributed by atoms with Gasteiger partial charge in [-0.25, -0.2) is 13.8 Å². The lowest BCUT2D eigenvalue weighted by molar-refractivity contribution is 0.174. The van der Waals surface area contributed by atoms with Crippen LogP contribution in [0.3, 0.4) is 0 Å². The van der Waals surface area contributed by atoms with Crippen LogP contribution in [0, 0.1) is 11.6 Å². The molecule has 4 aromatic rings. The van der Waals surface area contributed by atoms with Gasteiger partial charge in [0.05, 0.1) is 11.9 Å². The van der Waals surface area contributed by atoms with E-state index in [-0.39, 0.29) is 6.79 Å². The van der Waals surface area contributed by atoms with Gasteiger partial charge >= 0.3 is 0 Å². The van der Waals surface area contributed by atoms with Gasteiger partial charge in [0.1, 0.15) is 5.82 Å². The minimum Gasteiger partial charge on any atom is -0.454 e. The maximum Gasteiger partial charge on any atom is 0.231 e. The fourth-order valence-corrected chi connectivity index (χ4v) is 4.68. The lowest BCUT2D eigenvalue weighted by Gasteiger charge is -2.24. The Morgan fingerprint density at radius 3 is 2.62 bits per heavy atom. The Balaban J connectivity index is 1.42. The minimum absolute atomic E-state index is 0.222. The molecule has 0 amide bonds. The topological polar surface area (TPSA) is 39.5 Å². The van der Waals surface area contributed by atoms with Crippen molar-refractivity contribution in [3.05, 3.63) is 101 Å². The van der Waals surface area contributed by atoms with Crippen LogP contribution in [0.5, 0.6) is 11.5 Å². The summed E-state index contributed by atoms with van der Waals surface area (Å²) in [6.07, 6.45) is 4.45. The molecule has 1 aromatic heterocycles. The number of ether oxygens (including phenoxy) is 2. The van der Waals surface area contributed by atoms with E-state index in [1.807, 2.05) is 42.6 Å². The van der Waals surface area contributed by atoms with Crippen LogP contribution >= 0.6 is 0 Å². The van der Waals surface area contributed by atoms with Crippen LogP contribution in [0.25, 0.3) is 11.4 Å². The number of imidazole rings is 1. The van der Waals surface area contributed by atoms with Crippen molar-refractivity contribution in [2.45, 2.75) is 45.8 Å². The van der Waals surface area contributed by atoms with E-state index in [4.69, 9.17) is 14.5 Å². The summed E-state index contributed by atoms with van der Waals surface area (Å²) in [6, 6.07) is 20.5. The Morgan fingerprint density at radius 1 is 0.946 bits per heavy atom. The predicted molar refractivity (Wildman–Crippen MR) is 139 cm³/mol. The first-order valence-corrected chi connectivity index (χ1v) is 12.8. The number of nitrogens with zero attached hydrogens (tertiary/aromatic N) is 3. The highest BCUT2D eigenvalue weighted by Crippen LogP contribution is 2.33. The van der Waals surface area contributed by atoms with Gasteiger partial charge in [-0.05, 0) is 42.2 Å². The minimum atomic E-state index is -0.815. The summed E-state index contributed by atoms with van der Waals surface area (Å²) in [7, 11) is 0. The molecule has 0 bridgehead atoms. The second kappa shape index (κ2) is 11.6. The summed E-state index contributed by atoms with van der Waals surface area (Å²) >= 11 is 0. The molecular weight excluding hydrogens is 472 g/mol. The summed E-state index contributed by atoms with van der Waals surface area (Å²) < 4.78 is 41.6. The molecule has 2 heterocycles. The Hall–Kier alpha value is -3.71. The first-order valence-electron chi connectivity index (χ1n) is 12.8. The number of hydrogen-bond donors (Lipinski definition) is 0. The number of benzene rings is 3. The highest BCUT2D eigenvalue weighted by atomic mass is 19.2. The molecule has 0 N–H and O–H groups in total. The van der Waals surface area contributed by atoms with Gasteiger partial charge in [-0.15, -0.1) is 0 Å². The number of hydrogen-bond acceptors (Lipinski definition) is 4. The Kier molecular flexibility index (Phi) is 7.80. The molecule has 5 nitrogen and oxygen atoms in total. The number of unbranched alkanes of at least 4 members (excludes halogenated alkanes) is 1. The molecule has 37 heavy (non-hydrogen) atoms. The lowest BCUT2D eigenvalue weighted by atomic mass is 10.1. The average molecular weight is 504 g/mol. The molecule has 1 aliphatic rings. The number of rotatable bonds is 11. The molecule has 5 rings (SSSR count). The standard InChI is InChI=1S/C30H31F2N3O2/c1-2-3-15-35-25(18-33-30(35)24-8-5-4-6-9-24)20-34(16-14-23-10-7-11-26(31)29(23)32)19-22-12-13-27-28(17-22)37-21-36-27/h4-13,17-18H,2-3,14-16,19-21H2,1H3. The van der Waals surface area contributed by atoms with E-state index < -0.39 is 11.6 Å². The second-order valence-electron chi connectivity index (χ2n) is 9.31. The van der Waals surface area contributed by atoms with Crippen molar-refractivity contribution in [2.75, 3.05) is 13.3 Å². The molecule has 0 unspecified atom stereocenters. The molecular formula is C30H31F2N3O2. The van der Waals surface area contributed by atoms with Crippen LogP contribution < -0.4 is 9.47 Å². The second-order valence-corrected chi connectivity index (χ2v) is 9.31. The fourth-order valence-electron chi connectivity index (χ4n) is 4.68. The first-order chi connectivity index (χ1) is 18.1. The fraction of sp³-hybridized carbons (Fsp3) is 0.300. The summed E-state index contributed by atoms with van der Waals surface area (Å²) in [5.74, 6) is 0.827. The van der Waals surface area contributed by atoms with E-state index in [2.05, 4.69) is 28.5 Å². The Morgan fingerprint density at radius 2 is 1.78 bits per heavy atom. The highest BCUT2D eigenvalue weighted by molar-refractivity contribution is 5.56. The quantitative estimate of drug-likeness (QED) is 0.231. The van der Waals surface area contributed by atoms with Crippen LogP contribution in [0.4, 0.5) is 8.78 Å². The number of halogens is 2. The van der Waals surface area contributed by atoms with Gasteiger partial charge in [-0.2, -0.15) is 0 Å². The largest absolute Gasteiger partial charge is 0.454 e. The third-order valence-electron chi connectivity index (χ3n) is 6.66. The SMILES string of the molecule is CCCCn1c(CN(CCc2cccc(F)c2F)Cc2ccc3c(c2)OCO3)cnc1-c1ccccc1. The summed E-state index contributed by atoms with van der Waals surface area (Å²) in [5.41, 5.74) is 3.61. The molecule has 0 saturated heterocycles. The number of fused-ring (bicyclic) bond motifs is 1. The highest BCUT2D eigenvalue weighted by Gasteiger charge is 2.19. The zero-order valence-electron chi connectivity index (χ0n) is 21.0. The zero-order valence-corrected chi connectivity index (χ0v) is 21.0. The molecule has 0 saturated carbocycles. The van der Waals surface area contributed by atoms with Gasteiger partial charge in [0.2, 0.25) is 6.79 Å². The van der Waals surface area contributed by atoms with Gasteiger partial charge in [-0.3, -0.25) is 4.90 Å². The van der Waals surface area contributed by atoms with Crippen LogP contribution in [0.15, 0.2) is 72.9 Å². The molecule has 0 aliphatic carbocycles. The van der Waals surface area contributed by atoms with Crippen molar-refractivity contribution in [3.63, 3.8) is 0 Å². The summed E-state index contributed by atoms with van der Waals surface area (Å²) in [6.45, 7) is 5.06. The molecule has 0 atom stereocenters. The smallest absolute Gasteiger partial charge is 0.231 e. The van der Waals surface area contributed by atoms with Gasteiger partial charge in [0.25, 0.3) is 0 Å². The van der Waals surface area contributed by atoms with Crippen molar-refractivity contribution in [1.82, 2.24) is 14.5 Å². The van der Waals surface area contributed by atoms with Crippen molar-refractivity contribution in [1.29, 1.82) is 0 Å². The van der Waals surface area contributed by atoms with E-state index in [0.717, 1.165) is 59.6 Å².